The van der Waals surface area contributed by atoms with Gasteiger partial charge in [0.05, 0.1) is 5.69 Å². The van der Waals surface area contributed by atoms with Gasteiger partial charge in [0.15, 0.2) is 5.82 Å². The molecule has 0 aromatic carbocycles. The van der Waals surface area contributed by atoms with E-state index < -0.39 is 0 Å². The second-order valence-electron chi connectivity index (χ2n) is 5.99. The van der Waals surface area contributed by atoms with Crippen LogP contribution >= 0.6 is 0 Å². The van der Waals surface area contributed by atoms with E-state index in [9.17, 15) is 4.79 Å². The lowest BCUT2D eigenvalue weighted by atomic mass is 9.98. The van der Waals surface area contributed by atoms with Gasteiger partial charge in [-0.2, -0.15) is 10.2 Å². The molecule has 0 spiro atoms. The molecule has 7 heteroatoms. The van der Waals surface area contributed by atoms with Gasteiger partial charge in [-0.05, 0) is 43.9 Å². The van der Waals surface area contributed by atoms with Crippen molar-refractivity contribution >= 4 is 11.7 Å². The highest BCUT2D eigenvalue weighted by atomic mass is 16.2. The summed E-state index contributed by atoms with van der Waals surface area (Å²) in [6.45, 7) is 4.79. The summed E-state index contributed by atoms with van der Waals surface area (Å²) in [6.07, 6.45) is 5.69. The van der Waals surface area contributed by atoms with Crippen molar-refractivity contribution in [1.29, 1.82) is 0 Å². The Morgan fingerprint density at radius 1 is 1.39 bits per heavy atom. The number of hydrogen-bond acceptors (Lipinski definition) is 5. The van der Waals surface area contributed by atoms with Crippen LogP contribution in [0.15, 0.2) is 30.6 Å². The molecule has 3 heterocycles. The lowest BCUT2D eigenvalue weighted by Gasteiger charge is -2.33. The molecule has 1 fully saturated rings. The van der Waals surface area contributed by atoms with Crippen LogP contribution in [0.5, 0.6) is 0 Å². The van der Waals surface area contributed by atoms with Crippen molar-refractivity contribution in [2.75, 3.05) is 24.5 Å². The van der Waals surface area contributed by atoms with Crippen LogP contribution in [0, 0.1) is 12.8 Å². The topological polar surface area (TPSA) is 75.9 Å². The number of anilines is 1. The first-order valence-electron chi connectivity index (χ1n) is 8.00. The maximum absolute atomic E-state index is 11.9. The minimum atomic E-state index is 0.000881. The minimum absolute atomic E-state index is 0.000881. The quantitative estimate of drug-likeness (QED) is 0.891. The van der Waals surface area contributed by atoms with Crippen LogP contribution in [0.25, 0.3) is 0 Å². The molecule has 3 rings (SSSR count). The maximum atomic E-state index is 11.9. The number of aromatic nitrogens is 4. The smallest absolute Gasteiger partial charge is 0.241 e. The molecule has 0 bridgehead atoms. The molecular formula is C16H22N6O. The fraction of sp³-hybridized carbons (Fsp3) is 0.500. The number of rotatable bonds is 5. The van der Waals surface area contributed by atoms with Crippen molar-refractivity contribution in [2.45, 2.75) is 26.3 Å². The van der Waals surface area contributed by atoms with Crippen molar-refractivity contribution in [2.24, 2.45) is 5.92 Å². The van der Waals surface area contributed by atoms with Crippen molar-refractivity contribution in [3.8, 4) is 0 Å². The summed E-state index contributed by atoms with van der Waals surface area (Å²) in [5, 5.41) is 15.4. The van der Waals surface area contributed by atoms with Gasteiger partial charge in [-0.15, -0.1) is 5.10 Å². The number of nitrogens with one attached hydrogen (secondary N) is 1. The summed E-state index contributed by atoms with van der Waals surface area (Å²) >= 11 is 0. The van der Waals surface area contributed by atoms with Gasteiger partial charge in [-0.25, -0.2) is 0 Å². The third-order valence-electron chi connectivity index (χ3n) is 4.08. The summed E-state index contributed by atoms with van der Waals surface area (Å²) in [5.74, 6) is 1.36. The first kappa shape index (κ1) is 15.5. The SMILES string of the molecule is Cc1ccc(N2CCCC(CNC(=O)Cn3cccn3)C2)nn1. The average Bonchev–Trinajstić information content (AvgIpc) is 3.07. The Morgan fingerprint density at radius 2 is 2.30 bits per heavy atom. The lowest BCUT2D eigenvalue weighted by molar-refractivity contribution is -0.122. The highest BCUT2D eigenvalue weighted by Crippen LogP contribution is 2.20. The van der Waals surface area contributed by atoms with Crippen molar-refractivity contribution < 1.29 is 4.79 Å². The van der Waals surface area contributed by atoms with Gasteiger partial charge in [0.25, 0.3) is 0 Å². The normalized spacial score (nSPS) is 18.0. The predicted molar refractivity (Wildman–Crippen MR) is 86.9 cm³/mol. The highest BCUT2D eigenvalue weighted by molar-refractivity contribution is 5.75. The van der Waals surface area contributed by atoms with E-state index >= 15 is 0 Å². The first-order valence-corrected chi connectivity index (χ1v) is 8.00. The second-order valence-corrected chi connectivity index (χ2v) is 5.99. The number of piperidine rings is 1. The van der Waals surface area contributed by atoms with Crippen LogP contribution in [-0.4, -0.2) is 45.5 Å². The summed E-state index contributed by atoms with van der Waals surface area (Å²) < 4.78 is 1.63. The Morgan fingerprint density at radius 3 is 3.04 bits per heavy atom. The van der Waals surface area contributed by atoms with Gasteiger partial charge in [-0.3, -0.25) is 9.48 Å². The largest absolute Gasteiger partial charge is 0.355 e. The van der Waals surface area contributed by atoms with E-state index in [1.54, 1.807) is 17.1 Å². The Kier molecular flexibility index (Phi) is 4.85. The lowest BCUT2D eigenvalue weighted by Crippen LogP contribution is -2.42. The standard InChI is InChI=1S/C16H22N6O/c1-13-5-6-15(20-19-13)21-8-2-4-14(11-21)10-17-16(23)12-22-9-3-7-18-22/h3,5-7,9,14H,2,4,8,10-12H2,1H3,(H,17,23). The number of carbonyl (C=O) groups excluding carboxylic acids is 1. The van der Waals surface area contributed by atoms with E-state index in [1.807, 2.05) is 25.1 Å². The van der Waals surface area contributed by atoms with Crippen LogP contribution in [0.1, 0.15) is 18.5 Å². The molecular weight excluding hydrogens is 292 g/mol. The molecule has 1 unspecified atom stereocenters. The third kappa shape index (κ3) is 4.28. The molecule has 0 aliphatic carbocycles. The van der Waals surface area contributed by atoms with Gasteiger partial charge >= 0.3 is 0 Å². The Balaban J connectivity index is 1.48. The zero-order valence-electron chi connectivity index (χ0n) is 13.4. The number of carbonyl (C=O) groups is 1. The van der Waals surface area contributed by atoms with E-state index in [2.05, 4.69) is 25.5 Å². The average molecular weight is 314 g/mol. The number of nitrogens with zero attached hydrogens (tertiary/aromatic N) is 5. The van der Waals surface area contributed by atoms with Crippen LogP contribution in [0.3, 0.4) is 0 Å². The number of amides is 1. The van der Waals surface area contributed by atoms with Gasteiger partial charge in [0, 0.05) is 32.0 Å². The molecule has 7 nitrogen and oxygen atoms in total. The Bertz CT molecular complexity index is 625. The highest BCUT2D eigenvalue weighted by Gasteiger charge is 2.21. The number of aryl methyl sites for hydroxylation is 1. The van der Waals surface area contributed by atoms with E-state index in [-0.39, 0.29) is 12.5 Å². The molecule has 1 saturated heterocycles. The zero-order valence-corrected chi connectivity index (χ0v) is 13.4. The molecule has 23 heavy (non-hydrogen) atoms. The summed E-state index contributed by atoms with van der Waals surface area (Å²) in [5.41, 5.74) is 0.924. The molecule has 0 saturated carbocycles. The van der Waals surface area contributed by atoms with Gasteiger partial charge < -0.3 is 10.2 Å². The molecule has 0 radical (unpaired) electrons. The second kappa shape index (κ2) is 7.21. The van der Waals surface area contributed by atoms with E-state index in [0.717, 1.165) is 37.4 Å². The monoisotopic (exact) mass is 314 g/mol. The molecule has 1 amide bonds. The van der Waals surface area contributed by atoms with E-state index in [4.69, 9.17) is 0 Å². The zero-order chi connectivity index (χ0) is 16.1. The van der Waals surface area contributed by atoms with Crippen molar-refractivity contribution in [1.82, 2.24) is 25.3 Å². The van der Waals surface area contributed by atoms with Gasteiger partial charge in [0.2, 0.25) is 5.91 Å². The molecule has 122 valence electrons. The van der Waals surface area contributed by atoms with Crippen molar-refractivity contribution in [3.05, 3.63) is 36.3 Å². The summed E-state index contributed by atoms with van der Waals surface area (Å²) in [6, 6.07) is 5.81. The number of hydrogen-bond donors (Lipinski definition) is 1. The van der Waals surface area contributed by atoms with Crippen molar-refractivity contribution in [3.63, 3.8) is 0 Å². The summed E-state index contributed by atoms with van der Waals surface area (Å²) in [7, 11) is 0. The fourth-order valence-corrected chi connectivity index (χ4v) is 2.86. The Labute approximate surface area is 135 Å². The molecule has 1 aliphatic rings. The minimum Gasteiger partial charge on any atom is -0.355 e. The Hall–Kier alpha value is -2.44. The maximum Gasteiger partial charge on any atom is 0.241 e. The van der Waals surface area contributed by atoms with Gasteiger partial charge in [0.1, 0.15) is 6.54 Å². The summed E-state index contributed by atoms with van der Waals surface area (Å²) in [4.78, 5) is 14.2. The van der Waals surface area contributed by atoms with Crippen LogP contribution in [0.2, 0.25) is 0 Å². The third-order valence-corrected chi connectivity index (χ3v) is 4.08. The molecule has 2 aromatic heterocycles. The van der Waals surface area contributed by atoms with Crippen LogP contribution < -0.4 is 10.2 Å². The predicted octanol–water partition coefficient (Wildman–Crippen LogP) is 1.01. The van der Waals surface area contributed by atoms with Crippen LogP contribution in [-0.2, 0) is 11.3 Å². The molecule has 1 atom stereocenters. The van der Waals surface area contributed by atoms with E-state index in [0.29, 0.717) is 12.5 Å². The van der Waals surface area contributed by atoms with Crippen LogP contribution in [0.4, 0.5) is 5.82 Å². The fourth-order valence-electron chi connectivity index (χ4n) is 2.86. The van der Waals surface area contributed by atoms with Gasteiger partial charge in [-0.1, -0.05) is 0 Å². The molecule has 1 N–H and O–H groups in total. The molecule has 2 aromatic rings. The molecule has 1 aliphatic heterocycles. The van der Waals surface area contributed by atoms with E-state index in [1.165, 1.54) is 0 Å². The first-order chi connectivity index (χ1) is 11.2.